The Morgan fingerprint density at radius 2 is 1.50 bits per heavy atom. The Hall–Kier alpha value is -2.39. The minimum absolute atomic E-state index is 0.126. The average molecular weight is 389 g/mol. The highest BCUT2D eigenvalue weighted by molar-refractivity contribution is 7.04. The van der Waals surface area contributed by atoms with Crippen molar-refractivity contribution in [2.24, 2.45) is 0 Å². The van der Waals surface area contributed by atoms with E-state index in [1.807, 2.05) is 6.07 Å². The van der Waals surface area contributed by atoms with Crippen molar-refractivity contribution < 1.29 is 9.21 Å². The molecule has 0 aliphatic heterocycles. The zero-order chi connectivity index (χ0) is 19.8. The third kappa shape index (κ3) is 3.08. The van der Waals surface area contributed by atoms with Gasteiger partial charge in [0.1, 0.15) is 8.07 Å². The molecule has 0 bridgehead atoms. The molecule has 1 heterocycles. The highest BCUT2D eigenvalue weighted by atomic mass is 28.3. The van der Waals surface area contributed by atoms with Gasteiger partial charge < -0.3 is 4.42 Å². The predicted molar refractivity (Wildman–Crippen MR) is 117 cm³/mol. The molecule has 0 radical (unpaired) electrons. The average Bonchev–Trinajstić information content (AvgIpc) is 3.19. The zero-order valence-electron chi connectivity index (χ0n) is 16.9. The van der Waals surface area contributed by atoms with Gasteiger partial charge in [-0.2, -0.15) is 0 Å². The lowest BCUT2D eigenvalue weighted by Gasteiger charge is -2.46. The smallest absolute Gasteiger partial charge is 0.198 e. The van der Waals surface area contributed by atoms with Gasteiger partial charge in [-0.15, -0.1) is 0 Å². The molecule has 28 heavy (non-hydrogen) atoms. The van der Waals surface area contributed by atoms with Crippen LogP contribution >= 0.6 is 0 Å². The molecule has 0 spiro atoms. The first-order chi connectivity index (χ1) is 13.4. The molecule has 1 aliphatic carbocycles. The quantitative estimate of drug-likeness (QED) is 0.560. The second-order valence-corrected chi connectivity index (χ2v) is 13.8. The standard InChI is InChI=1S/C25H28O2Si/c1-25(2,3)28(20-10-6-4-7-11-20,21-12-8-5-9-13-21)18-19-14-15-23(26)24-22(19)16-17-27-24/h4-13,16-17,19H,14-15,18H2,1-3H3. The van der Waals surface area contributed by atoms with E-state index < -0.39 is 8.07 Å². The van der Waals surface area contributed by atoms with Crippen molar-refractivity contribution in [3.05, 3.63) is 84.3 Å². The molecule has 0 saturated heterocycles. The van der Waals surface area contributed by atoms with Gasteiger partial charge in [0.2, 0.25) is 0 Å². The zero-order valence-corrected chi connectivity index (χ0v) is 17.9. The number of carbonyl (C=O) groups excluding carboxylic acids is 1. The van der Waals surface area contributed by atoms with Crippen molar-refractivity contribution in [3.8, 4) is 0 Å². The van der Waals surface area contributed by atoms with Crippen molar-refractivity contribution >= 4 is 24.2 Å². The van der Waals surface area contributed by atoms with Crippen LogP contribution in [0.3, 0.4) is 0 Å². The van der Waals surface area contributed by atoms with Gasteiger partial charge in [0.15, 0.2) is 11.5 Å². The Kier molecular flexibility index (Phi) is 4.88. The van der Waals surface area contributed by atoms with Gasteiger partial charge in [-0.1, -0.05) is 91.8 Å². The number of rotatable bonds is 4. The molecule has 1 aliphatic rings. The maximum Gasteiger partial charge on any atom is 0.198 e. The van der Waals surface area contributed by atoms with Gasteiger partial charge in [-0.05, 0) is 29.5 Å². The summed E-state index contributed by atoms with van der Waals surface area (Å²) >= 11 is 0. The third-order valence-electron chi connectivity index (χ3n) is 6.47. The van der Waals surface area contributed by atoms with Crippen molar-refractivity contribution in [1.82, 2.24) is 0 Å². The number of hydrogen-bond acceptors (Lipinski definition) is 2. The number of benzene rings is 2. The molecule has 0 amide bonds. The molecule has 2 aromatic carbocycles. The Bertz CT molecular complexity index is 911. The van der Waals surface area contributed by atoms with Crippen LogP contribution in [0.4, 0.5) is 0 Å². The Morgan fingerprint density at radius 1 is 0.929 bits per heavy atom. The van der Waals surface area contributed by atoms with Crippen LogP contribution < -0.4 is 10.4 Å². The van der Waals surface area contributed by atoms with Crippen molar-refractivity contribution in [2.75, 3.05) is 0 Å². The lowest BCUT2D eigenvalue weighted by Crippen LogP contribution is -2.64. The molecular weight excluding hydrogens is 360 g/mol. The van der Waals surface area contributed by atoms with Crippen LogP contribution in [0.2, 0.25) is 11.1 Å². The molecule has 2 nitrogen and oxygen atoms in total. The van der Waals surface area contributed by atoms with Crippen LogP contribution in [0.15, 0.2) is 77.4 Å². The van der Waals surface area contributed by atoms with Crippen molar-refractivity contribution in [1.29, 1.82) is 0 Å². The molecule has 1 atom stereocenters. The van der Waals surface area contributed by atoms with Gasteiger partial charge in [-0.3, -0.25) is 4.79 Å². The SMILES string of the molecule is CC(C)(C)[Si](CC1CCC(=O)c2occc21)(c1ccccc1)c1ccccc1. The summed E-state index contributed by atoms with van der Waals surface area (Å²) in [7, 11) is -2.15. The summed E-state index contributed by atoms with van der Waals surface area (Å²) in [5, 5.41) is 3.06. The summed E-state index contributed by atoms with van der Waals surface area (Å²) in [6, 6.07) is 25.2. The first-order valence-electron chi connectivity index (χ1n) is 10.1. The van der Waals surface area contributed by atoms with Gasteiger partial charge in [0, 0.05) is 12.0 Å². The molecule has 0 saturated carbocycles. The van der Waals surface area contributed by atoms with Gasteiger partial charge in [0.05, 0.1) is 6.26 Å². The van der Waals surface area contributed by atoms with E-state index in [9.17, 15) is 4.79 Å². The minimum atomic E-state index is -2.15. The topological polar surface area (TPSA) is 30.2 Å². The van der Waals surface area contributed by atoms with E-state index in [1.54, 1.807) is 6.26 Å². The maximum atomic E-state index is 12.3. The third-order valence-corrected chi connectivity index (χ3v) is 12.8. The molecule has 1 unspecified atom stereocenters. The van der Waals surface area contributed by atoms with Crippen LogP contribution in [0, 0.1) is 0 Å². The van der Waals surface area contributed by atoms with Crippen LogP contribution in [-0.4, -0.2) is 13.9 Å². The number of Topliss-reactive ketones (excluding diaryl/α,β-unsaturated/α-hetero) is 1. The van der Waals surface area contributed by atoms with Crippen molar-refractivity contribution in [3.63, 3.8) is 0 Å². The fourth-order valence-electron chi connectivity index (χ4n) is 5.04. The number of hydrogen-bond donors (Lipinski definition) is 0. The minimum Gasteiger partial charge on any atom is -0.461 e. The lowest BCUT2D eigenvalue weighted by molar-refractivity contribution is 0.0938. The van der Waals surface area contributed by atoms with Crippen LogP contribution in [-0.2, 0) is 0 Å². The highest BCUT2D eigenvalue weighted by Gasteiger charge is 2.49. The Labute approximate surface area is 168 Å². The highest BCUT2D eigenvalue weighted by Crippen LogP contribution is 2.45. The molecule has 4 rings (SSSR count). The van der Waals surface area contributed by atoms with Gasteiger partial charge in [-0.25, -0.2) is 0 Å². The summed E-state index contributed by atoms with van der Waals surface area (Å²) in [6.45, 7) is 7.18. The van der Waals surface area contributed by atoms with E-state index in [0.29, 0.717) is 18.1 Å². The molecule has 1 aromatic heterocycles. The van der Waals surface area contributed by atoms with E-state index in [0.717, 1.165) is 18.0 Å². The Balaban J connectivity index is 1.90. The van der Waals surface area contributed by atoms with E-state index in [1.165, 1.54) is 10.4 Å². The monoisotopic (exact) mass is 388 g/mol. The maximum absolute atomic E-state index is 12.3. The van der Waals surface area contributed by atoms with Gasteiger partial charge >= 0.3 is 0 Å². The van der Waals surface area contributed by atoms with E-state index in [-0.39, 0.29) is 10.8 Å². The normalized spacial score (nSPS) is 17.4. The molecule has 0 fully saturated rings. The molecule has 0 N–H and O–H groups in total. The molecular formula is C25H28O2Si. The number of ketones is 1. The summed E-state index contributed by atoms with van der Waals surface area (Å²) < 4.78 is 5.58. The molecule has 3 aromatic rings. The van der Waals surface area contributed by atoms with Crippen LogP contribution in [0.1, 0.15) is 55.6 Å². The number of carbonyl (C=O) groups is 1. The fraction of sp³-hybridized carbons (Fsp3) is 0.320. The fourth-order valence-corrected chi connectivity index (χ4v) is 10.9. The predicted octanol–water partition coefficient (Wildman–Crippen LogP) is 5.40. The van der Waals surface area contributed by atoms with E-state index in [2.05, 4.69) is 81.4 Å². The summed E-state index contributed by atoms with van der Waals surface area (Å²) in [5.41, 5.74) is 1.12. The molecule has 144 valence electrons. The summed E-state index contributed by atoms with van der Waals surface area (Å²) in [6.07, 6.45) is 3.19. The summed E-state index contributed by atoms with van der Waals surface area (Å²) in [4.78, 5) is 12.3. The van der Waals surface area contributed by atoms with Crippen molar-refractivity contribution in [2.45, 2.75) is 50.6 Å². The van der Waals surface area contributed by atoms with E-state index >= 15 is 0 Å². The number of furan rings is 1. The van der Waals surface area contributed by atoms with E-state index in [4.69, 9.17) is 4.42 Å². The largest absolute Gasteiger partial charge is 0.461 e. The van der Waals surface area contributed by atoms with Crippen LogP contribution in [0.5, 0.6) is 0 Å². The summed E-state index contributed by atoms with van der Waals surface area (Å²) in [5.74, 6) is 1.10. The Morgan fingerprint density at radius 3 is 2.04 bits per heavy atom. The first kappa shape index (κ1) is 18.9. The second-order valence-electron chi connectivity index (χ2n) is 8.96. The second kappa shape index (κ2) is 7.21. The lowest BCUT2D eigenvalue weighted by atomic mass is 9.88. The van der Waals surface area contributed by atoms with Gasteiger partial charge in [0.25, 0.3) is 0 Å². The number of fused-ring (bicyclic) bond motifs is 1. The first-order valence-corrected chi connectivity index (χ1v) is 12.4. The van der Waals surface area contributed by atoms with Crippen LogP contribution in [0.25, 0.3) is 0 Å². The molecule has 3 heteroatoms.